The Labute approximate surface area is 93.1 Å². The van der Waals surface area contributed by atoms with Crippen molar-refractivity contribution in [2.75, 3.05) is 0 Å². The molecule has 0 atom stereocenters. The Bertz CT molecular complexity index is 638. The summed E-state index contributed by atoms with van der Waals surface area (Å²) in [5, 5.41) is 0.905. The molecule has 1 aromatic heterocycles. The van der Waals surface area contributed by atoms with E-state index in [1.54, 1.807) is 6.07 Å². The fraction of sp³-hybridized carbons (Fsp3) is 0.231. The smallest absolute Gasteiger partial charge is 0.259 e. The molecule has 1 N–H and O–H groups in total. The number of pyridine rings is 1. The van der Waals surface area contributed by atoms with Crippen LogP contribution in [0.4, 0.5) is 0 Å². The number of aromatic nitrogens is 1. The molecule has 16 heavy (non-hydrogen) atoms. The highest BCUT2D eigenvalue weighted by atomic mass is 16.1. The quantitative estimate of drug-likeness (QED) is 0.742. The topological polar surface area (TPSA) is 49.9 Å². The van der Waals surface area contributed by atoms with Crippen LogP contribution in [0, 0.1) is 13.8 Å². The first-order chi connectivity index (χ1) is 7.49. The lowest BCUT2D eigenvalue weighted by Gasteiger charge is -2.05. The van der Waals surface area contributed by atoms with Gasteiger partial charge in [0.15, 0.2) is 5.78 Å². The molecule has 0 saturated heterocycles. The van der Waals surface area contributed by atoms with Crippen LogP contribution in [0.2, 0.25) is 0 Å². The monoisotopic (exact) mass is 215 g/mol. The molecule has 0 spiro atoms. The molecule has 2 aromatic rings. The molecule has 0 unspecified atom stereocenters. The highest BCUT2D eigenvalue weighted by Gasteiger charge is 2.08. The average molecular weight is 215 g/mol. The van der Waals surface area contributed by atoms with Crippen LogP contribution in [0.15, 0.2) is 23.0 Å². The molecule has 0 amide bonds. The van der Waals surface area contributed by atoms with Gasteiger partial charge in [-0.25, -0.2) is 0 Å². The van der Waals surface area contributed by atoms with E-state index in [1.807, 2.05) is 26.0 Å². The molecule has 0 aliphatic heterocycles. The van der Waals surface area contributed by atoms with Crippen LogP contribution in [0.25, 0.3) is 10.9 Å². The second-order valence-electron chi connectivity index (χ2n) is 4.11. The third kappa shape index (κ3) is 1.65. The molecule has 1 aromatic carbocycles. The molecule has 3 nitrogen and oxygen atoms in total. The predicted molar refractivity (Wildman–Crippen MR) is 64.0 cm³/mol. The van der Waals surface area contributed by atoms with Crippen molar-refractivity contribution in [3.8, 4) is 0 Å². The minimum atomic E-state index is -0.313. The van der Waals surface area contributed by atoms with E-state index in [1.165, 1.54) is 6.92 Å². The van der Waals surface area contributed by atoms with Gasteiger partial charge in [-0.1, -0.05) is 11.6 Å². The van der Waals surface area contributed by atoms with Crippen molar-refractivity contribution >= 4 is 16.7 Å². The molecule has 2 rings (SSSR count). The molecule has 0 bridgehead atoms. The van der Waals surface area contributed by atoms with E-state index in [9.17, 15) is 9.59 Å². The third-order valence-corrected chi connectivity index (χ3v) is 2.67. The molecule has 82 valence electrons. The summed E-state index contributed by atoms with van der Waals surface area (Å²) in [4.78, 5) is 25.7. The number of benzene rings is 1. The Morgan fingerprint density at radius 3 is 2.50 bits per heavy atom. The van der Waals surface area contributed by atoms with E-state index in [2.05, 4.69) is 4.98 Å². The standard InChI is InChI=1S/C13H13NO2/c1-7-4-8(2)12-10(5-7)6-11(9(3)15)13(16)14-12/h4-6H,1-3H3,(H,14,16). The minimum absolute atomic E-state index is 0.206. The number of aromatic amines is 1. The molecule has 3 heteroatoms. The average Bonchev–Trinajstić information content (AvgIpc) is 2.18. The Morgan fingerprint density at radius 2 is 1.88 bits per heavy atom. The maximum atomic E-state index is 11.6. The summed E-state index contributed by atoms with van der Waals surface area (Å²) < 4.78 is 0. The zero-order valence-electron chi connectivity index (χ0n) is 9.55. The summed E-state index contributed by atoms with van der Waals surface area (Å²) in [5.41, 5.74) is 2.85. The minimum Gasteiger partial charge on any atom is -0.321 e. The highest BCUT2D eigenvalue weighted by Crippen LogP contribution is 2.17. The van der Waals surface area contributed by atoms with Crippen molar-refractivity contribution in [3.63, 3.8) is 0 Å². The van der Waals surface area contributed by atoms with Gasteiger partial charge in [-0.2, -0.15) is 0 Å². The van der Waals surface area contributed by atoms with E-state index in [0.29, 0.717) is 0 Å². The second-order valence-corrected chi connectivity index (χ2v) is 4.11. The van der Waals surface area contributed by atoms with Crippen LogP contribution in [-0.2, 0) is 0 Å². The predicted octanol–water partition coefficient (Wildman–Crippen LogP) is 2.35. The Balaban J connectivity index is 2.90. The third-order valence-electron chi connectivity index (χ3n) is 2.67. The first-order valence-electron chi connectivity index (χ1n) is 5.14. The zero-order chi connectivity index (χ0) is 11.9. The van der Waals surface area contributed by atoms with Gasteiger partial charge in [0.05, 0.1) is 11.1 Å². The lowest BCUT2D eigenvalue weighted by atomic mass is 10.0. The molecule has 0 aliphatic carbocycles. The van der Waals surface area contributed by atoms with Crippen LogP contribution < -0.4 is 5.56 Å². The number of aryl methyl sites for hydroxylation is 2. The number of rotatable bonds is 1. The van der Waals surface area contributed by atoms with Crippen LogP contribution in [0.5, 0.6) is 0 Å². The van der Waals surface area contributed by atoms with E-state index in [4.69, 9.17) is 0 Å². The number of carbonyl (C=O) groups is 1. The maximum absolute atomic E-state index is 11.6. The van der Waals surface area contributed by atoms with Gasteiger partial charge >= 0.3 is 0 Å². The summed E-state index contributed by atoms with van der Waals surface area (Å²) in [5.74, 6) is -0.206. The molecular weight excluding hydrogens is 202 g/mol. The second kappa shape index (κ2) is 3.59. The lowest BCUT2D eigenvalue weighted by Crippen LogP contribution is -2.15. The first kappa shape index (κ1) is 10.6. The van der Waals surface area contributed by atoms with Gasteiger partial charge in [-0.05, 0) is 43.9 Å². The molecule has 0 radical (unpaired) electrons. The maximum Gasteiger partial charge on any atom is 0.259 e. The van der Waals surface area contributed by atoms with Gasteiger partial charge in [-0.15, -0.1) is 0 Å². The summed E-state index contributed by atoms with van der Waals surface area (Å²) in [6, 6.07) is 5.63. The van der Waals surface area contributed by atoms with E-state index >= 15 is 0 Å². The number of hydrogen-bond donors (Lipinski definition) is 1. The number of fused-ring (bicyclic) bond motifs is 1. The highest BCUT2D eigenvalue weighted by molar-refractivity contribution is 5.97. The van der Waals surface area contributed by atoms with Gasteiger partial charge in [-0.3, -0.25) is 9.59 Å². The van der Waals surface area contributed by atoms with Crippen molar-refractivity contribution in [1.82, 2.24) is 4.98 Å². The van der Waals surface area contributed by atoms with Crippen molar-refractivity contribution < 1.29 is 4.79 Å². The van der Waals surface area contributed by atoms with Gasteiger partial charge in [0.1, 0.15) is 0 Å². The van der Waals surface area contributed by atoms with E-state index in [-0.39, 0.29) is 16.9 Å². The van der Waals surface area contributed by atoms with Crippen molar-refractivity contribution in [2.45, 2.75) is 20.8 Å². The number of hydrogen-bond acceptors (Lipinski definition) is 2. The number of Topliss-reactive ketones (excluding diaryl/α,β-unsaturated/α-hetero) is 1. The van der Waals surface area contributed by atoms with Gasteiger partial charge < -0.3 is 4.98 Å². The fourth-order valence-electron chi connectivity index (χ4n) is 1.95. The Kier molecular flexibility index (Phi) is 2.38. The molecule has 0 saturated carbocycles. The molecular formula is C13H13NO2. The van der Waals surface area contributed by atoms with Crippen LogP contribution >= 0.6 is 0 Å². The van der Waals surface area contributed by atoms with Crippen LogP contribution in [0.3, 0.4) is 0 Å². The zero-order valence-corrected chi connectivity index (χ0v) is 9.55. The summed E-state index contributed by atoms with van der Waals surface area (Å²) >= 11 is 0. The van der Waals surface area contributed by atoms with E-state index < -0.39 is 0 Å². The van der Waals surface area contributed by atoms with Gasteiger partial charge in [0.2, 0.25) is 0 Å². The number of H-pyrrole nitrogens is 1. The Morgan fingerprint density at radius 1 is 1.19 bits per heavy atom. The largest absolute Gasteiger partial charge is 0.321 e. The fourth-order valence-corrected chi connectivity index (χ4v) is 1.95. The van der Waals surface area contributed by atoms with Gasteiger partial charge in [0.25, 0.3) is 5.56 Å². The van der Waals surface area contributed by atoms with Crippen LogP contribution in [-0.4, -0.2) is 10.8 Å². The number of ketones is 1. The van der Waals surface area contributed by atoms with Crippen LogP contribution in [0.1, 0.15) is 28.4 Å². The SMILES string of the molecule is CC(=O)c1cc2cc(C)cc(C)c2[nH]c1=O. The summed E-state index contributed by atoms with van der Waals surface area (Å²) in [6.45, 7) is 5.34. The first-order valence-corrected chi connectivity index (χ1v) is 5.14. The lowest BCUT2D eigenvalue weighted by molar-refractivity contribution is 0.101. The summed E-state index contributed by atoms with van der Waals surface area (Å²) in [6.07, 6.45) is 0. The normalized spacial score (nSPS) is 10.7. The number of carbonyl (C=O) groups excluding carboxylic acids is 1. The number of nitrogens with one attached hydrogen (secondary N) is 1. The Hall–Kier alpha value is -1.90. The molecule has 0 fully saturated rings. The van der Waals surface area contributed by atoms with Crippen molar-refractivity contribution in [1.29, 1.82) is 0 Å². The van der Waals surface area contributed by atoms with Crippen molar-refractivity contribution in [3.05, 3.63) is 45.2 Å². The molecule has 1 heterocycles. The molecule has 0 aliphatic rings. The summed E-state index contributed by atoms with van der Waals surface area (Å²) in [7, 11) is 0. The van der Waals surface area contributed by atoms with E-state index in [0.717, 1.165) is 22.0 Å². The van der Waals surface area contributed by atoms with Crippen molar-refractivity contribution in [2.24, 2.45) is 0 Å². The van der Waals surface area contributed by atoms with Gasteiger partial charge in [0, 0.05) is 0 Å².